The molecule has 0 atom stereocenters. The van der Waals surface area contributed by atoms with Crippen molar-refractivity contribution in [2.24, 2.45) is 0 Å². The summed E-state index contributed by atoms with van der Waals surface area (Å²) in [7, 11) is 5.93. The lowest BCUT2D eigenvalue weighted by atomic mass is 10.1. The molecular weight excluding hydrogens is 384 g/mol. The highest BCUT2D eigenvalue weighted by molar-refractivity contribution is 6.30. The summed E-state index contributed by atoms with van der Waals surface area (Å²) < 4.78 is 0. The lowest BCUT2D eigenvalue weighted by molar-refractivity contribution is -0.131. The van der Waals surface area contributed by atoms with Gasteiger partial charge in [0.05, 0.1) is 6.54 Å². The third-order valence-electron chi connectivity index (χ3n) is 5.54. The normalized spacial score (nSPS) is 14.7. The van der Waals surface area contributed by atoms with Crippen LogP contribution in [0.2, 0.25) is 5.02 Å². The van der Waals surface area contributed by atoms with E-state index >= 15 is 0 Å². The molecule has 0 aromatic heterocycles. The Hall–Kier alpha value is -2.24. The van der Waals surface area contributed by atoms with Crippen molar-refractivity contribution in [2.45, 2.75) is 13.5 Å². The SMILES string of the molecule is Cc1ccc(Cl)cc1N1CCN(CC(=O)N(C)Cc2ccc(N(C)C)cc2)CC1. The van der Waals surface area contributed by atoms with Crippen molar-refractivity contribution >= 4 is 28.9 Å². The fraction of sp³-hybridized carbons (Fsp3) is 0.435. The topological polar surface area (TPSA) is 30.0 Å². The third-order valence-corrected chi connectivity index (χ3v) is 5.78. The molecule has 2 aromatic carbocycles. The van der Waals surface area contributed by atoms with Gasteiger partial charge in [-0.15, -0.1) is 0 Å². The number of nitrogens with zero attached hydrogens (tertiary/aromatic N) is 4. The zero-order chi connectivity index (χ0) is 21.0. The van der Waals surface area contributed by atoms with Crippen LogP contribution < -0.4 is 9.80 Å². The van der Waals surface area contributed by atoms with Crippen LogP contribution in [0.15, 0.2) is 42.5 Å². The molecule has 6 heteroatoms. The van der Waals surface area contributed by atoms with Crippen molar-refractivity contribution in [1.29, 1.82) is 0 Å². The van der Waals surface area contributed by atoms with Gasteiger partial charge in [-0.3, -0.25) is 9.69 Å². The van der Waals surface area contributed by atoms with Gasteiger partial charge in [-0.2, -0.15) is 0 Å². The monoisotopic (exact) mass is 414 g/mol. The van der Waals surface area contributed by atoms with Gasteiger partial charge >= 0.3 is 0 Å². The molecule has 0 radical (unpaired) electrons. The van der Waals surface area contributed by atoms with E-state index in [4.69, 9.17) is 11.6 Å². The molecule has 0 N–H and O–H groups in total. The third kappa shape index (κ3) is 5.64. The minimum Gasteiger partial charge on any atom is -0.378 e. The van der Waals surface area contributed by atoms with Crippen molar-refractivity contribution in [1.82, 2.24) is 9.80 Å². The Kier molecular flexibility index (Phi) is 7.04. The van der Waals surface area contributed by atoms with Crippen LogP contribution in [-0.2, 0) is 11.3 Å². The average molecular weight is 415 g/mol. The number of carbonyl (C=O) groups excluding carboxylic acids is 1. The zero-order valence-electron chi connectivity index (χ0n) is 17.9. The number of hydrogen-bond donors (Lipinski definition) is 0. The van der Waals surface area contributed by atoms with E-state index in [0.717, 1.165) is 42.5 Å². The van der Waals surface area contributed by atoms with Gasteiger partial charge in [0.15, 0.2) is 0 Å². The van der Waals surface area contributed by atoms with Crippen LogP contribution in [0.3, 0.4) is 0 Å². The quantitative estimate of drug-likeness (QED) is 0.723. The van der Waals surface area contributed by atoms with E-state index in [9.17, 15) is 4.79 Å². The van der Waals surface area contributed by atoms with Crippen LogP contribution in [0.5, 0.6) is 0 Å². The number of benzene rings is 2. The maximum Gasteiger partial charge on any atom is 0.236 e. The Morgan fingerprint density at radius 2 is 1.66 bits per heavy atom. The highest BCUT2D eigenvalue weighted by atomic mass is 35.5. The van der Waals surface area contributed by atoms with Crippen LogP contribution in [0.1, 0.15) is 11.1 Å². The number of rotatable bonds is 6. The number of carbonyl (C=O) groups is 1. The van der Waals surface area contributed by atoms with E-state index in [1.54, 1.807) is 0 Å². The first-order chi connectivity index (χ1) is 13.8. The molecule has 0 spiro atoms. The number of likely N-dealkylation sites (N-methyl/N-ethyl adjacent to an activating group) is 1. The molecule has 0 aliphatic carbocycles. The number of piperazine rings is 1. The van der Waals surface area contributed by atoms with E-state index < -0.39 is 0 Å². The highest BCUT2D eigenvalue weighted by Gasteiger charge is 2.21. The fourth-order valence-corrected chi connectivity index (χ4v) is 3.81. The van der Waals surface area contributed by atoms with Crippen LogP contribution in [-0.4, -0.2) is 69.6 Å². The molecule has 1 saturated heterocycles. The van der Waals surface area contributed by atoms with Gasteiger partial charge in [0, 0.05) is 70.3 Å². The van der Waals surface area contributed by atoms with Crippen molar-refractivity contribution in [3.63, 3.8) is 0 Å². The molecule has 156 valence electrons. The van der Waals surface area contributed by atoms with Crippen LogP contribution in [0.4, 0.5) is 11.4 Å². The van der Waals surface area contributed by atoms with E-state index in [-0.39, 0.29) is 5.91 Å². The molecule has 1 aliphatic heterocycles. The highest BCUT2D eigenvalue weighted by Crippen LogP contribution is 2.25. The van der Waals surface area contributed by atoms with Crippen molar-refractivity contribution in [3.8, 4) is 0 Å². The maximum atomic E-state index is 12.7. The first-order valence-corrected chi connectivity index (χ1v) is 10.4. The Balaban J connectivity index is 1.49. The summed E-state index contributed by atoms with van der Waals surface area (Å²) >= 11 is 6.17. The summed E-state index contributed by atoms with van der Waals surface area (Å²) in [4.78, 5) is 21.2. The smallest absolute Gasteiger partial charge is 0.236 e. The molecule has 2 aromatic rings. The molecule has 3 rings (SSSR count). The zero-order valence-corrected chi connectivity index (χ0v) is 18.6. The lowest BCUT2D eigenvalue weighted by Gasteiger charge is -2.37. The minimum absolute atomic E-state index is 0.161. The summed E-state index contributed by atoms with van der Waals surface area (Å²) in [5.41, 5.74) is 4.74. The largest absolute Gasteiger partial charge is 0.378 e. The summed E-state index contributed by atoms with van der Waals surface area (Å²) in [6.45, 7) is 6.78. The molecule has 29 heavy (non-hydrogen) atoms. The summed E-state index contributed by atoms with van der Waals surface area (Å²) in [5.74, 6) is 0.161. The van der Waals surface area contributed by atoms with Gasteiger partial charge < -0.3 is 14.7 Å². The van der Waals surface area contributed by atoms with Gasteiger partial charge in [-0.25, -0.2) is 0 Å². The molecular formula is C23H31ClN4O. The van der Waals surface area contributed by atoms with Gasteiger partial charge in [-0.05, 0) is 42.3 Å². The number of hydrogen-bond acceptors (Lipinski definition) is 4. The van der Waals surface area contributed by atoms with Crippen molar-refractivity contribution in [2.75, 3.05) is 63.7 Å². The average Bonchev–Trinajstić information content (AvgIpc) is 2.71. The van der Waals surface area contributed by atoms with E-state index in [1.807, 2.05) is 38.2 Å². The number of anilines is 2. The molecule has 0 unspecified atom stereocenters. The molecule has 1 amide bonds. The standard InChI is InChI=1S/C23H31ClN4O/c1-18-5-8-20(24)15-22(18)28-13-11-27(12-14-28)17-23(29)26(4)16-19-6-9-21(10-7-19)25(2)3/h5-10,15H,11-14,16-17H2,1-4H3. The summed E-state index contributed by atoms with van der Waals surface area (Å²) in [5, 5.41) is 0.767. The van der Waals surface area contributed by atoms with Gasteiger partial charge in [0.25, 0.3) is 0 Å². The van der Waals surface area contributed by atoms with Crippen molar-refractivity contribution < 1.29 is 4.79 Å². The predicted molar refractivity (Wildman–Crippen MR) is 122 cm³/mol. The second kappa shape index (κ2) is 9.51. The van der Waals surface area contributed by atoms with Gasteiger partial charge in [0.2, 0.25) is 5.91 Å². The Morgan fingerprint density at radius 3 is 2.28 bits per heavy atom. The first kappa shape index (κ1) is 21.5. The van der Waals surface area contributed by atoms with Gasteiger partial charge in [-0.1, -0.05) is 29.8 Å². The summed E-state index contributed by atoms with van der Waals surface area (Å²) in [6, 6.07) is 14.4. The van der Waals surface area contributed by atoms with Crippen LogP contribution in [0.25, 0.3) is 0 Å². The molecule has 1 fully saturated rings. The Labute approximate surface area is 179 Å². The maximum absolute atomic E-state index is 12.7. The first-order valence-electron chi connectivity index (χ1n) is 10.1. The molecule has 1 heterocycles. The van der Waals surface area contributed by atoms with Crippen LogP contribution in [0, 0.1) is 6.92 Å². The Morgan fingerprint density at radius 1 is 1.00 bits per heavy atom. The molecule has 1 aliphatic rings. The number of amides is 1. The van der Waals surface area contributed by atoms with Crippen LogP contribution >= 0.6 is 11.6 Å². The number of aryl methyl sites for hydroxylation is 1. The molecule has 0 saturated carbocycles. The minimum atomic E-state index is 0.161. The summed E-state index contributed by atoms with van der Waals surface area (Å²) in [6.07, 6.45) is 0. The van der Waals surface area contributed by atoms with E-state index in [2.05, 4.69) is 52.0 Å². The van der Waals surface area contributed by atoms with E-state index in [1.165, 1.54) is 11.3 Å². The Bertz CT molecular complexity index is 829. The molecule has 0 bridgehead atoms. The second-order valence-electron chi connectivity index (χ2n) is 8.00. The number of halogens is 1. The van der Waals surface area contributed by atoms with Gasteiger partial charge in [0.1, 0.15) is 0 Å². The van der Waals surface area contributed by atoms with Crippen molar-refractivity contribution in [3.05, 3.63) is 58.6 Å². The fourth-order valence-electron chi connectivity index (χ4n) is 3.64. The predicted octanol–water partition coefficient (Wildman–Crippen LogP) is 3.50. The second-order valence-corrected chi connectivity index (χ2v) is 8.44. The lowest BCUT2D eigenvalue weighted by Crippen LogP contribution is -2.49. The molecule has 5 nitrogen and oxygen atoms in total. The van der Waals surface area contributed by atoms with E-state index in [0.29, 0.717) is 13.1 Å².